The third kappa shape index (κ3) is 2.13. The van der Waals surface area contributed by atoms with Crippen LogP contribution in [0.25, 0.3) is 0 Å². The Hall–Kier alpha value is -1.32. The summed E-state index contributed by atoms with van der Waals surface area (Å²) in [5.41, 5.74) is -1.26. The minimum absolute atomic E-state index is 0.239. The molecule has 1 rings (SSSR count). The van der Waals surface area contributed by atoms with Gasteiger partial charge in [0.05, 0.1) is 16.3 Å². The van der Waals surface area contributed by atoms with Crippen molar-refractivity contribution in [1.82, 2.24) is 0 Å². The molecule has 2 nitrogen and oxygen atoms in total. The zero-order valence-electron chi connectivity index (χ0n) is 6.60. The van der Waals surface area contributed by atoms with Crippen molar-refractivity contribution in [3.8, 4) is 0 Å². The molecule has 0 spiro atoms. The van der Waals surface area contributed by atoms with Gasteiger partial charge in [0, 0.05) is 0 Å². The molecule has 1 aromatic carbocycles. The number of isocyanates is 1. The fourth-order valence-corrected chi connectivity index (χ4v) is 1.15. The Morgan fingerprint density at radius 3 is 2.50 bits per heavy atom. The third-order valence-corrected chi connectivity index (χ3v) is 1.85. The number of alkyl halides is 3. The van der Waals surface area contributed by atoms with Crippen molar-refractivity contribution in [3.63, 3.8) is 0 Å². The Morgan fingerprint density at radius 1 is 1.36 bits per heavy atom. The molecule has 0 bridgehead atoms. The van der Waals surface area contributed by atoms with Gasteiger partial charge in [-0.15, -0.1) is 0 Å². The minimum Gasteiger partial charge on any atom is -0.211 e. The summed E-state index contributed by atoms with van der Waals surface area (Å²) < 4.78 is 36.7. The number of nitrogens with zero attached hydrogens (tertiary/aromatic N) is 1. The van der Waals surface area contributed by atoms with E-state index < -0.39 is 16.8 Å². The molecular weight excluding hydrogens is 219 g/mol. The quantitative estimate of drug-likeness (QED) is 0.528. The highest BCUT2D eigenvalue weighted by Crippen LogP contribution is 2.38. The molecule has 74 valence electrons. The van der Waals surface area contributed by atoms with Crippen LogP contribution in [0.2, 0.25) is 5.02 Å². The van der Waals surface area contributed by atoms with Gasteiger partial charge < -0.3 is 0 Å². The second kappa shape index (κ2) is 3.82. The Labute approximate surface area is 82.0 Å². The third-order valence-electron chi connectivity index (χ3n) is 1.45. The Morgan fingerprint density at radius 2 is 2.00 bits per heavy atom. The van der Waals surface area contributed by atoms with Crippen molar-refractivity contribution in [2.24, 2.45) is 4.99 Å². The highest BCUT2D eigenvalue weighted by atomic mass is 35.5. The summed E-state index contributed by atoms with van der Waals surface area (Å²) in [5.74, 6) is 0. The molecule has 0 fully saturated rings. The second-order valence-corrected chi connectivity index (χ2v) is 2.72. The van der Waals surface area contributed by atoms with E-state index in [4.69, 9.17) is 11.6 Å². The molecule has 14 heavy (non-hydrogen) atoms. The van der Waals surface area contributed by atoms with Gasteiger partial charge in [-0.2, -0.15) is 18.2 Å². The number of hydrogen-bond donors (Lipinski definition) is 0. The predicted octanol–water partition coefficient (Wildman–Crippen LogP) is 3.33. The van der Waals surface area contributed by atoms with E-state index in [2.05, 4.69) is 4.99 Å². The normalized spacial score (nSPS) is 10.9. The zero-order valence-corrected chi connectivity index (χ0v) is 7.36. The molecule has 0 aliphatic carbocycles. The molecule has 0 radical (unpaired) electrons. The molecular formula is C8H3ClF3NO. The van der Waals surface area contributed by atoms with Gasteiger partial charge >= 0.3 is 6.18 Å². The topological polar surface area (TPSA) is 29.4 Å². The van der Waals surface area contributed by atoms with Crippen LogP contribution in [-0.2, 0) is 11.0 Å². The van der Waals surface area contributed by atoms with E-state index in [1.165, 1.54) is 6.07 Å². The zero-order chi connectivity index (χ0) is 10.8. The van der Waals surface area contributed by atoms with E-state index in [-0.39, 0.29) is 5.69 Å². The molecule has 0 aliphatic rings. The van der Waals surface area contributed by atoms with Crippen LogP contribution in [0.5, 0.6) is 0 Å². The van der Waals surface area contributed by atoms with E-state index in [9.17, 15) is 18.0 Å². The van der Waals surface area contributed by atoms with E-state index in [0.717, 1.165) is 18.2 Å². The summed E-state index contributed by atoms with van der Waals surface area (Å²) in [6.07, 6.45) is -3.42. The molecule has 0 atom stereocenters. The fourth-order valence-electron chi connectivity index (χ4n) is 0.874. The molecule has 0 saturated carbocycles. The van der Waals surface area contributed by atoms with Gasteiger partial charge in [0.2, 0.25) is 6.08 Å². The molecule has 0 aromatic heterocycles. The number of carbonyl (C=O) groups excluding carboxylic acids is 1. The summed E-state index contributed by atoms with van der Waals surface area (Å²) in [4.78, 5) is 12.9. The van der Waals surface area contributed by atoms with Gasteiger partial charge in [-0.25, -0.2) is 4.79 Å². The average molecular weight is 222 g/mol. The Balaban J connectivity index is 3.34. The Bertz CT molecular complexity index is 396. The first-order valence-corrected chi connectivity index (χ1v) is 3.78. The maximum Gasteiger partial charge on any atom is 0.417 e. The van der Waals surface area contributed by atoms with E-state index in [1.807, 2.05) is 0 Å². The van der Waals surface area contributed by atoms with E-state index in [0.29, 0.717) is 0 Å². The van der Waals surface area contributed by atoms with Crippen LogP contribution < -0.4 is 0 Å². The number of rotatable bonds is 1. The molecule has 0 saturated heterocycles. The van der Waals surface area contributed by atoms with Gasteiger partial charge in [-0.1, -0.05) is 17.7 Å². The minimum atomic E-state index is -4.55. The van der Waals surface area contributed by atoms with Gasteiger partial charge in [0.25, 0.3) is 0 Å². The average Bonchev–Trinajstić information content (AvgIpc) is 2.07. The molecule has 0 amide bonds. The lowest BCUT2D eigenvalue weighted by atomic mass is 10.2. The lowest BCUT2D eigenvalue weighted by molar-refractivity contribution is -0.137. The number of hydrogen-bond acceptors (Lipinski definition) is 2. The fraction of sp³-hybridized carbons (Fsp3) is 0.125. The highest BCUT2D eigenvalue weighted by Gasteiger charge is 2.33. The highest BCUT2D eigenvalue weighted by molar-refractivity contribution is 6.33. The van der Waals surface area contributed by atoms with Crippen molar-refractivity contribution in [2.75, 3.05) is 0 Å². The summed E-state index contributed by atoms with van der Waals surface area (Å²) in [6.45, 7) is 0. The van der Waals surface area contributed by atoms with Crippen LogP contribution in [0.4, 0.5) is 18.9 Å². The standard InChI is InChI=1S/C8H3ClF3NO/c9-7-5(8(10,11)12)2-1-3-6(7)13-4-14/h1-3H. The first kappa shape index (κ1) is 10.8. The summed E-state index contributed by atoms with van der Waals surface area (Å²) in [6, 6.07) is 3.12. The first-order valence-electron chi connectivity index (χ1n) is 3.40. The lowest BCUT2D eigenvalue weighted by Gasteiger charge is -2.08. The molecule has 0 N–H and O–H groups in total. The maximum absolute atomic E-state index is 12.2. The van der Waals surface area contributed by atoms with Crippen LogP contribution in [0.3, 0.4) is 0 Å². The Kier molecular flexibility index (Phi) is 2.93. The van der Waals surface area contributed by atoms with E-state index >= 15 is 0 Å². The predicted molar refractivity (Wildman–Crippen MR) is 44.2 cm³/mol. The van der Waals surface area contributed by atoms with Crippen molar-refractivity contribution in [1.29, 1.82) is 0 Å². The van der Waals surface area contributed by atoms with Gasteiger partial charge in [0.15, 0.2) is 0 Å². The van der Waals surface area contributed by atoms with Crippen molar-refractivity contribution < 1.29 is 18.0 Å². The smallest absolute Gasteiger partial charge is 0.211 e. The van der Waals surface area contributed by atoms with Gasteiger partial charge in [0.1, 0.15) is 0 Å². The monoisotopic (exact) mass is 221 g/mol. The summed E-state index contributed by atoms with van der Waals surface area (Å²) in [5, 5.41) is -0.594. The molecule has 0 unspecified atom stereocenters. The largest absolute Gasteiger partial charge is 0.417 e. The lowest BCUT2D eigenvalue weighted by Crippen LogP contribution is -2.05. The van der Waals surface area contributed by atoms with Gasteiger partial charge in [-0.05, 0) is 12.1 Å². The summed E-state index contributed by atoms with van der Waals surface area (Å²) in [7, 11) is 0. The van der Waals surface area contributed by atoms with Crippen LogP contribution in [0.15, 0.2) is 23.2 Å². The molecule has 0 heterocycles. The van der Waals surface area contributed by atoms with Crippen LogP contribution in [0.1, 0.15) is 5.56 Å². The van der Waals surface area contributed by atoms with Crippen molar-refractivity contribution >= 4 is 23.4 Å². The maximum atomic E-state index is 12.2. The number of aliphatic imine (C=N–C) groups is 1. The van der Waals surface area contributed by atoms with Crippen LogP contribution in [-0.4, -0.2) is 6.08 Å². The number of benzene rings is 1. The summed E-state index contributed by atoms with van der Waals surface area (Å²) >= 11 is 5.38. The molecule has 0 aliphatic heterocycles. The molecule has 1 aromatic rings. The van der Waals surface area contributed by atoms with Crippen LogP contribution >= 0.6 is 11.6 Å². The SMILES string of the molecule is O=C=Nc1cccc(C(F)(F)F)c1Cl. The van der Waals surface area contributed by atoms with Gasteiger partial charge in [-0.3, -0.25) is 0 Å². The second-order valence-electron chi connectivity index (χ2n) is 2.34. The van der Waals surface area contributed by atoms with E-state index in [1.54, 1.807) is 0 Å². The first-order chi connectivity index (χ1) is 6.46. The van der Waals surface area contributed by atoms with Crippen molar-refractivity contribution in [3.05, 3.63) is 28.8 Å². The van der Waals surface area contributed by atoms with Crippen LogP contribution in [0, 0.1) is 0 Å². The van der Waals surface area contributed by atoms with Crippen molar-refractivity contribution in [2.45, 2.75) is 6.18 Å². The molecule has 6 heteroatoms. The number of halogens is 4.